The molecule has 19 heavy (non-hydrogen) atoms. The average molecular weight is 262 g/mol. The zero-order chi connectivity index (χ0) is 13.7. The van der Waals surface area contributed by atoms with E-state index in [4.69, 9.17) is 14.2 Å². The van der Waals surface area contributed by atoms with Gasteiger partial charge in [-0.15, -0.1) is 0 Å². The fraction of sp³-hybridized carbons (Fsp3) is 0.429. The highest BCUT2D eigenvalue weighted by Gasteiger charge is 2.09. The largest absolute Gasteiger partial charge is 0.490 e. The number of nitrogens with zero attached hydrogens (tertiary/aromatic N) is 2. The summed E-state index contributed by atoms with van der Waals surface area (Å²) >= 11 is 0. The van der Waals surface area contributed by atoms with Gasteiger partial charge in [0.2, 0.25) is 0 Å². The van der Waals surface area contributed by atoms with Crippen molar-refractivity contribution in [2.24, 2.45) is 0 Å². The Morgan fingerprint density at radius 3 is 2.37 bits per heavy atom. The fourth-order valence-electron chi connectivity index (χ4n) is 1.81. The monoisotopic (exact) mass is 262 g/mol. The average Bonchev–Trinajstić information content (AvgIpc) is 2.40. The highest BCUT2D eigenvalue weighted by atomic mass is 16.5. The third-order valence-electron chi connectivity index (χ3n) is 2.57. The minimum Gasteiger partial charge on any atom is -0.490 e. The molecule has 1 heterocycles. The Hall–Kier alpha value is -1.88. The third-order valence-corrected chi connectivity index (χ3v) is 2.57. The topological polar surface area (TPSA) is 53.5 Å². The zero-order valence-corrected chi connectivity index (χ0v) is 11.5. The molecule has 0 radical (unpaired) electrons. The molecule has 0 saturated heterocycles. The third kappa shape index (κ3) is 3.12. The van der Waals surface area contributed by atoms with Gasteiger partial charge in [-0.1, -0.05) is 0 Å². The molecule has 0 N–H and O–H groups in total. The van der Waals surface area contributed by atoms with Gasteiger partial charge in [-0.3, -0.25) is 0 Å². The van der Waals surface area contributed by atoms with E-state index in [1.165, 1.54) is 0 Å². The van der Waals surface area contributed by atoms with Crippen molar-refractivity contribution >= 4 is 10.9 Å². The molecule has 2 rings (SSSR count). The van der Waals surface area contributed by atoms with Crippen molar-refractivity contribution in [3.8, 4) is 11.5 Å². The molecule has 0 aliphatic rings. The van der Waals surface area contributed by atoms with Crippen LogP contribution in [0.1, 0.15) is 19.7 Å². The van der Waals surface area contributed by atoms with E-state index in [9.17, 15) is 0 Å². The molecule has 0 aliphatic carbocycles. The predicted octanol–water partition coefficient (Wildman–Crippen LogP) is 2.57. The standard InChI is InChI=1S/C14H18N2O3/c1-4-18-12-6-10-8-15-14(9-17-3)16-11(10)7-13(12)19-5-2/h6-8H,4-5,9H2,1-3H3. The Morgan fingerprint density at radius 1 is 1.05 bits per heavy atom. The maximum atomic E-state index is 5.58. The Kier molecular flexibility index (Phi) is 4.52. The molecule has 0 saturated carbocycles. The highest BCUT2D eigenvalue weighted by molar-refractivity contribution is 5.81. The first-order valence-electron chi connectivity index (χ1n) is 6.32. The summed E-state index contributed by atoms with van der Waals surface area (Å²) in [6.45, 7) is 5.46. The van der Waals surface area contributed by atoms with Crippen LogP contribution < -0.4 is 9.47 Å². The number of benzene rings is 1. The van der Waals surface area contributed by atoms with Crippen molar-refractivity contribution in [3.05, 3.63) is 24.2 Å². The molecular formula is C14H18N2O3. The molecule has 0 spiro atoms. The Morgan fingerprint density at radius 2 is 1.74 bits per heavy atom. The van der Waals surface area contributed by atoms with Crippen molar-refractivity contribution in [3.63, 3.8) is 0 Å². The van der Waals surface area contributed by atoms with Gasteiger partial charge in [0, 0.05) is 24.8 Å². The number of hydrogen-bond donors (Lipinski definition) is 0. The van der Waals surface area contributed by atoms with E-state index in [0.29, 0.717) is 31.4 Å². The van der Waals surface area contributed by atoms with Gasteiger partial charge < -0.3 is 14.2 Å². The zero-order valence-electron chi connectivity index (χ0n) is 11.5. The van der Waals surface area contributed by atoms with Gasteiger partial charge in [0.25, 0.3) is 0 Å². The van der Waals surface area contributed by atoms with Crippen LogP contribution in [-0.4, -0.2) is 30.3 Å². The van der Waals surface area contributed by atoms with E-state index in [2.05, 4.69) is 9.97 Å². The van der Waals surface area contributed by atoms with Gasteiger partial charge in [0.05, 0.1) is 18.7 Å². The van der Waals surface area contributed by atoms with Crippen molar-refractivity contribution in [2.75, 3.05) is 20.3 Å². The molecule has 0 atom stereocenters. The molecule has 5 nitrogen and oxygen atoms in total. The molecular weight excluding hydrogens is 244 g/mol. The number of methoxy groups -OCH3 is 1. The molecule has 0 unspecified atom stereocenters. The minimum absolute atomic E-state index is 0.396. The normalized spacial score (nSPS) is 10.7. The number of fused-ring (bicyclic) bond motifs is 1. The second-order valence-electron chi connectivity index (χ2n) is 3.94. The summed E-state index contributed by atoms with van der Waals surface area (Å²) in [6.07, 6.45) is 1.77. The van der Waals surface area contributed by atoms with E-state index in [0.717, 1.165) is 16.7 Å². The lowest BCUT2D eigenvalue weighted by atomic mass is 10.2. The summed E-state index contributed by atoms with van der Waals surface area (Å²) in [5.41, 5.74) is 0.828. The van der Waals surface area contributed by atoms with Crippen molar-refractivity contribution in [1.82, 2.24) is 9.97 Å². The van der Waals surface area contributed by atoms with Crippen molar-refractivity contribution in [1.29, 1.82) is 0 Å². The maximum Gasteiger partial charge on any atom is 0.163 e. The van der Waals surface area contributed by atoms with Crippen LogP contribution in [0.5, 0.6) is 11.5 Å². The minimum atomic E-state index is 0.396. The molecule has 1 aromatic carbocycles. The SMILES string of the molecule is CCOc1cc2cnc(COC)nc2cc1OCC. The first-order valence-corrected chi connectivity index (χ1v) is 6.32. The van der Waals surface area contributed by atoms with Crippen LogP contribution in [0.2, 0.25) is 0 Å². The van der Waals surface area contributed by atoms with Gasteiger partial charge in [-0.2, -0.15) is 0 Å². The first-order chi connectivity index (χ1) is 9.28. The quantitative estimate of drug-likeness (QED) is 0.800. The van der Waals surface area contributed by atoms with E-state index in [1.807, 2.05) is 26.0 Å². The lowest BCUT2D eigenvalue weighted by Gasteiger charge is -2.12. The molecule has 0 aliphatic heterocycles. The number of aromatic nitrogens is 2. The number of ether oxygens (including phenoxy) is 3. The molecule has 0 fully saturated rings. The van der Waals surface area contributed by atoms with Crippen molar-refractivity contribution < 1.29 is 14.2 Å². The Balaban J connectivity index is 2.46. The summed E-state index contributed by atoms with van der Waals surface area (Å²) < 4.78 is 16.2. The van der Waals surface area contributed by atoms with Gasteiger partial charge in [0.15, 0.2) is 17.3 Å². The van der Waals surface area contributed by atoms with Gasteiger partial charge in [-0.25, -0.2) is 9.97 Å². The van der Waals surface area contributed by atoms with E-state index in [1.54, 1.807) is 13.3 Å². The molecule has 2 aromatic rings. The lowest BCUT2D eigenvalue weighted by Crippen LogP contribution is -2.00. The summed E-state index contributed by atoms with van der Waals surface area (Å²) in [6, 6.07) is 3.78. The van der Waals surface area contributed by atoms with E-state index < -0.39 is 0 Å². The maximum absolute atomic E-state index is 5.58. The molecule has 1 aromatic heterocycles. The van der Waals surface area contributed by atoms with Crippen LogP contribution in [0.25, 0.3) is 10.9 Å². The van der Waals surface area contributed by atoms with E-state index in [-0.39, 0.29) is 0 Å². The van der Waals surface area contributed by atoms with Gasteiger partial charge >= 0.3 is 0 Å². The van der Waals surface area contributed by atoms with E-state index >= 15 is 0 Å². The summed E-state index contributed by atoms with van der Waals surface area (Å²) in [5.74, 6) is 2.08. The van der Waals surface area contributed by atoms with Crippen LogP contribution in [0.3, 0.4) is 0 Å². The summed E-state index contributed by atoms with van der Waals surface area (Å²) in [5, 5.41) is 0.923. The molecule has 102 valence electrons. The van der Waals surface area contributed by atoms with Crippen LogP contribution in [-0.2, 0) is 11.3 Å². The second kappa shape index (κ2) is 6.33. The summed E-state index contributed by atoms with van der Waals surface area (Å²) in [4.78, 5) is 8.68. The molecule has 0 amide bonds. The van der Waals surface area contributed by atoms with Crippen LogP contribution in [0, 0.1) is 0 Å². The molecule has 5 heteroatoms. The Labute approximate surface area is 112 Å². The fourth-order valence-corrected chi connectivity index (χ4v) is 1.81. The van der Waals surface area contributed by atoms with Crippen LogP contribution in [0.15, 0.2) is 18.3 Å². The van der Waals surface area contributed by atoms with Crippen LogP contribution >= 0.6 is 0 Å². The van der Waals surface area contributed by atoms with Gasteiger partial charge in [0.1, 0.15) is 6.61 Å². The lowest BCUT2D eigenvalue weighted by molar-refractivity contribution is 0.178. The summed E-state index contributed by atoms with van der Waals surface area (Å²) in [7, 11) is 1.62. The number of hydrogen-bond acceptors (Lipinski definition) is 5. The van der Waals surface area contributed by atoms with Crippen LogP contribution in [0.4, 0.5) is 0 Å². The smallest absolute Gasteiger partial charge is 0.163 e. The van der Waals surface area contributed by atoms with Crippen molar-refractivity contribution in [2.45, 2.75) is 20.5 Å². The first kappa shape index (κ1) is 13.5. The predicted molar refractivity (Wildman–Crippen MR) is 72.6 cm³/mol. The second-order valence-corrected chi connectivity index (χ2v) is 3.94. The van der Waals surface area contributed by atoms with Gasteiger partial charge in [-0.05, 0) is 19.9 Å². The highest BCUT2D eigenvalue weighted by Crippen LogP contribution is 2.31. The molecule has 0 bridgehead atoms. The number of rotatable bonds is 6. The Bertz CT molecular complexity index is 558.